The molecule has 5 nitrogen and oxygen atoms in total. The molecular weight excluding hydrogens is 336 g/mol. The molecule has 0 spiro atoms. The van der Waals surface area contributed by atoms with Crippen molar-refractivity contribution in [2.45, 2.75) is 13.0 Å². The molecule has 0 aliphatic carbocycles. The maximum absolute atomic E-state index is 11.2. The summed E-state index contributed by atoms with van der Waals surface area (Å²) in [5.41, 5.74) is 1.51. The van der Waals surface area contributed by atoms with E-state index in [9.17, 15) is 10.1 Å². The number of hydrogen-bond acceptors (Lipinski definition) is 4. The number of rotatable bonds is 5. The molecule has 0 radical (unpaired) electrons. The number of hydrogen-bond donors (Lipinski definition) is 1. The van der Waals surface area contributed by atoms with Crippen molar-refractivity contribution in [3.63, 3.8) is 0 Å². The molecule has 0 fully saturated rings. The number of methoxy groups -OCH3 is 1. The monoisotopic (exact) mass is 350 g/mol. The first-order valence-corrected chi connectivity index (χ1v) is 7.15. The smallest absolute Gasteiger partial charge is 0.296 e. The van der Waals surface area contributed by atoms with Crippen molar-refractivity contribution in [1.29, 1.82) is 0 Å². The summed E-state index contributed by atoms with van der Waals surface area (Å²) in [6.45, 7) is 1.96. The van der Waals surface area contributed by atoms with Crippen LogP contribution in [0.5, 0.6) is 5.75 Å². The zero-order valence-corrected chi connectivity index (χ0v) is 13.3. The van der Waals surface area contributed by atoms with Gasteiger partial charge in [-0.05, 0) is 36.8 Å². The van der Waals surface area contributed by atoms with E-state index in [1.165, 1.54) is 13.2 Å². The third kappa shape index (κ3) is 3.72. The maximum Gasteiger partial charge on any atom is 0.296 e. The molecule has 1 atom stereocenters. The fraction of sp³-hybridized carbons (Fsp3) is 0.200. The van der Waals surface area contributed by atoms with Gasteiger partial charge in [-0.2, -0.15) is 0 Å². The number of anilines is 1. The summed E-state index contributed by atoms with van der Waals surface area (Å²) in [5, 5.41) is 14.3. The van der Waals surface area contributed by atoms with Crippen LogP contribution in [0.15, 0.2) is 46.9 Å². The molecule has 0 bridgehead atoms. The Morgan fingerprint density at radius 1 is 1.24 bits per heavy atom. The van der Waals surface area contributed by atoms with Gasteiger partial charge < -0.3 is 10.1 Å². The van der Waals surface area contributed by atoms with Crippen LogP contribution in [0.4, 0.5) is 11.4 Å². The van der Waals surface area contributed by atoms with E-state index in [1.54, 1.807) is 12.1 Å². The van der Waals surface area contributed by atoms with Crippen LogP contribution in [-0.2, 0) is 0 Å². The number of nitrogens with one attached hydrogen (secondary N) is 1. The molecule has 2 rings (SSSR count). The first kappa shape index (κ1) is 15.3. The van der Waals surface area contributed by atoms with Gasteiger partial charge in [0.2, 0.25) is 0 Å². The average Bonchev–Trinajstić information content (AvgIpc) is 2.48. The van der Waals surface area contributed by atoms with Gasteiger partial charge in [0.1, 0.15) is 11.4 Å². The van der Waals surface area contributed by atoms with Gasteiger partial charge in [0.15, 0.2) is 0 Å². The largest absolute Gasteiger partial charge is 0.496 e. The molecule has 21 heavy (non-hydrogen) atoms. The number of benzene rings is 2. The fourth-order valence-electron chi connectivity index (χ4n) is 1.98. The minimum absolute atomic E-state index is 0.00156. The van der Waals surface area contributed by atoms with Crippen LogP contribution in [0.3, 0.4) is 0 Å². The maximum atomic E-state index is 11.2. The van der Waals surface area contributed by atoms with E-state index < -0.39 is 4.92 Å². The third-order valence-corrected chi connectivity index (χ3v) is 3.67. The molecule has 0 saturated carbocycles. The summed E-state index contributed by atoms with van der Waals surface area (Å²) in [4.78, 5) is 10.7. The van der Waals surface area contributed by atoms with Crippen molar-refractivity contribution in [2.24, 2.45) is 0 Å². The Hall–Kier alpha value is -2.08. The summed E-state index contributed by atoms with van der Waals surface area (Å²) < 4.78 is 6.02. The minimum Gasteiger partial charge on any atom is -0.496 e. The Morgan fingerprint density at radius 3 is 2.48 bits per heavy atom. The van der Waals surface area contributed by atoms with Crippen molar-refractivity contribution in [3.05, 3.63) is 62.6 Å². The Labute approximate surface area is 131 Å². The van der Waals surface area contributed by atoms with E-state index in [2.05, 4.69) is 21.2 Å². The number of nitro benzene ring substituents is 1. The highest BCUT2D eigenvalue weighted by molar-refractivity contribution is 9.10. The SMILES string of the molecule is COc1ccc(NC(C)c2ccc(Br)cc2)c([N+](=O)[O-])c1. The third-order valence-electron chi connectivity index (χ3n) is 3.14. The molecule has 0 heterocycles. The quantitative estimate of drug-likeness (QED) is 0.635. The molecule has 1 unspecified atom stereocenters. The lowest BCUT2D eigenvalue weighted by Crippen LogP contribution is -2.08. The van der Waals surface area contributed by atoms with Gasteiger partial charge in [0.05, 0.1) is 18.1 Å². The molecule has 0 aromatic heterocycles. The summed E-state index contributed by atoms with van der Waals surface area (Å²) in [6, 6.07) is 12.5. The van der Waals surface area contributed by atoms with Crippen LogP contribution in [0.25, 0.3) is 0 Å². The van der Waals surface area contributed by atoms with Gasteiger partial charge >= 0.3 is 0 Å². The van der Waals surface area contributed by atoms with E-state index >= 15 is 0 Å². The molecule has 6 heteroatoms. The lowest BCUT2D eigenvalue weighted by atomic mass is 10.1. The first-order chi connectivity index (χ1) is 10.0. The highest BCUT2D eigenvalue weighted by atomic mass is 79.9. The van der Waals surface area contributed by atoms with Gasteiger partial charge in [0, 0.05) is 10.5 Å². The summed E-state index contributed by atoms with van der Waals surface area (Å²) in [6.07, 6.45) is 0. The van der Waals surface area contributed by atoms with Crippen molar-refractivity contribution >= 4 is 27.3 Å². The number of halogens is 1. The molecule has 0 amide bonds. The van der Waals surface area contributed by atoms with Gasteiger partial charge in [-0.25, -0.2) is 0 Å². The van der Waals surface area contributed by atoms with Crippen molar-refractivity contribution in [1.82, 2.24) is 0 Å². The fourth-order valence-corrected chi connectivity index (χ4v) is 2.24. The minimum atomic E-state index is -0.418. The van der Waals surface area contributed by atoms with Crippen LogP contribution in [0.2, 0.25) is 0 Å². The second kappa shape index (κ2) is 6.58. The number of nitro groups is 1. The standard InChI is InChI=1S/C15H15BrN2O3/c1-10(11-3-5-12(16)6-4-11)17-14-8-7-13(21-2)9-15(14)18(19)20/h3-10,17H,1-2H3. The Bertz CT molecular complexity index is 644. The molecule has 110 valence electrons. The van der Waals surface area contributed by atoms with E-state index in [4.69, 9.17) is 4.74 Å². The predicted molar refractivity (Wildman–Crippen MR) is 85.8 cm³/mol. The average molecular weight is 351 g/mol. The summed E-state index contributed by atoms with van der Waals surface area (Å²) >= 11 is 3.38. The van der Waals surface area contributed by atoms with Gasteiger partial charge in [-0.1, -0.05) is 28.1 Å². The Morgan fingerprint density at radius 2 is 1.90 bits per heavy atom. The van der Waals surface area contributed by atoms with Crippen molar-refractivity contribution in [2.75, 3.05) is 12.4 Å². The zero-order chi connectivity index (χ0) is 15.4. The van der Waals surface area contributed by atoms with E-state index in [0.717, 1.165) is 10.0 Å². The van der Waals surface area contributed by atoms with Crippen molar-refractivity contribution < 1.29 is 9.66 Å². The van der Waals surface area contributed by atoms with Crippen LogP contribution in [0.1, 0.15) is 18.5 Å². The lowest BCUT2D eigenvalue weighted by Gasteiger charge is -2.16. The molecule has 2 aromatic rings. The molecule has 1 N–H and O–H groups in total. The van der Waals surface area contributed by atoms with Gasteiger partial charge in [0.25, 0.3) is 5.69 Å². The van der Waals surface area contributed by atoms with Crippen molar-refractivity contribution in [3.8, 4) is 5.75 Å². The van der Waals surface area contributed by atoms with E-state index in [1.807, 2.05) is 31.2 Å². The molecule has 2 aromatic carbocycles. The molecule has 0 saturated heterocycles. The Balaban J connectivity index is 2.26. The van der Waals surface area contributed by atoms with E-state index in [-0.39, 0.29) is 11.7 Å². The van der Waals surface area contributed by atoms with Crippen LogP contribution in [0, 0.1) is 10.1 Å². The highest BCUT2D eigenvalue weighted by Crippen LogP contribution is 2.31. The summed E-state index contributed by atoms with van der Waals surface area (Å²) in [7, 11) is 1.48. The van der Waals surface area contributed by atoms with Crippen LogP contribution >= 0.6 is 15.9 Å². The zero-order valence-electron chi connectivity index (χ0n) is 11.7. The predicted octanol–water partition coefficient (Wildman–Crippen LogP) is 4.54. The Kier molecular flexibility index (Phi) is 4.80. The summed E-state index contributed by atoms with van der Waals surface area (Å²) in [5.74, 6) is 0.462. The number of ether oxygens (including phenoxy) is 1. The van der Waals surface area contributed by atoms with E-state index in [0.29, 0.717) is 11.4 Å². The lowest BCUT2D eigenvalue weighted by molar-refractivity contribution is -0.384. The van der Waals surface area contributed by atoms with Crippen LogP contribution in [-0.4, -0.2) is 12.0 Å². The van der Waals surface area contributed by atoms with Gasteiger partial charge in [-0.3, -0.25) is 10.1 Å². The second-order valence-electron chi connectivity index (χ2n) is 4.56. The first-order valence-electron chi connectivity index (χ1n) is 6.35. The number of nitrogens with zero attached hydrogens (tertiary/aromatic N) is 1. The second-order valence-corrected chi connectivity index (χ2v) is 5.47. The highest BCUT2D eigenvalue weighted by Gasteiger charge is 2.17. The molecule has 0 aliphatic rings. The normalized spacial score (nSPS) is 11.8. The van der Waals surface area contributed by atoms with Crippen LogP contribution < -0.4 is 10.1 Å². The molecular formula is C15H15BrN2O3. The van der Waals surface area contributed by atoms with Gasteiger partial charge in [-0.15, -0.1) is 0 Å². The topological polar surface area (TPSA) is 64.4 Å². The molecule has 0 aliphatic heterocycles.